The molecule has 28 heavy (non-hydrogen) atoms. The van der Waals surface area contributed by atoms with Crippen molar-refractivity contribution in [1.82, 2.24) is 5.32 Å². The van der Waals surface area contributed by atoms with E-state index in [9.17, 15) is 29.8 Å². The van der Waals surface area contributed by atoms with Crippen LogP contribution in [-0.4, -0.2) is 27.7 Å². The van der Waals surface area contributed by atoms with Crippen LogP contribution in [0.25, 0.3) is 0 Å². The van der Waals surface area contributed by atoms with E-state index in [1.54, 1.807) is 13.8 Å². The molecule has 2 aromatic rings. The molecule has 0 atom stereocenters. The molecule has 0 aliphatic carbocycles. The van der Waals surface area contributed by atoms with Crippen molar-refractivity contribution < 1.29 is 19.4 Å². The summed E-state index contributed by atoms with van der Waals surface area (Å²) < 4.78 is 0. The maximum Gasteiger partial charge on any atom is 0.277 e. The molecule has 0 saturated carbocycles. The fourth-order valence-electron chi connectivity index (χ4n) is 2.24. The van der Waals surface area contributed by atoms with E-state index >= 15 is 0 Å². The Balaban J connectivity index is 2.36. The Labute approximate surface area is 163 Å². The predicted octanol–water partition coefficient (Wildman–Crippen LogP) is 3.55. The van der Waals surface area contributed by atoms with E-state index in [4.69, 9.17) is 11.6 Å². The molecule has 0 aliphatic heterocycles. The van der Waals surface area contributed by atoms with E-state index in [-0.39, 0.29) is 33.8 Å². The molecule has 2 N–H and O–H groups in total. The van der Waals surface area contributed by atoms with Gasteiger partial charge in [-0.3, -0.25) is 29.8 Å². The van der Waals surface area contributed by atoms with Crippen LogP contribution in [0, 0.1) is 20.2 Å². The van der Waals surface area contributed by atoms with Crippen LogP contribution in [0.3, 0.4) is 0 Å². The van der Waals surface area contributed by atoms with E-state index in [0.29, 0.717) is 0 Å². The van der Waals surface area contributed by atoms with Crippen molar-refractivity contribution >= 4 is 40.5 Å². The van der Waals surface area contributed by atoms with Gasteiger partial charge in [0.05, 0.1) is 32.2 Å². The molecule has 11 heteroatoms. The molecule has 2 amide bonds. The number of carbonyl (C=O) groups is 2. The number of carbonyl (C=O) groups excluding carboxylic acids is 2. The Morgan fingerprint density at radius 3 is 2.00 bits per heavy atom. The summed E-state index contributed by atoms with van der Waals surface area (Å²) in [4.78, 5) is 44.8. The summed E-state index contributed by atoms with van der Waals surface area (Å²) >= 11 is 6.04. The molecule has 0 heterocycles. The Bertz CT molecular complexity index is 944. The lowest BCUT2D eigenvalue weighted by atomic mass is 10.1. The van der Waals surface area contributed by atoms with Crippen LogP contribution in [0.1, 0.15) is 34.6 Å². The van der Waals surface area contributed by atoms with Gasteiger partial charge < -0.3 is 10.6 Å². The molecule has 2 rings (SSSR count). The van der Waals surface area contributed by atoms with Crippen molar-refractivity contribution in [3.05, 3.63) is 72.8 Å². The molecule has 0 aromatic heterocycles. The van der Waals surface area contributed by atoms with Gasteiger partial charge in [0, 0.05) is 23.7 Å². The number of nitro benzene ring substituents is 2. The Morgan fingerprint density at radius 1 is 0.929 bits per heavy atom. The summed E-state index contributed by atoms with van der Waals surface area (Å²) in [5.41, 5.74) is -1.18. The maximum absolute atomic E-state index is 12.5. The number of non-ortho nitro benzene ring substituents is 2. The predicted molar refractivity (Wildman–Crippen MR) is 102 cm³/mol. The van der Waals surface area contributed by atoms with Crippen molar-refractivity contribution in [1.29, 1.82) is 0 Å². The maximum atomic E-state index is 12.5. The monoisotopic (exact) mass is 406 g/mol. The van der Waals surface area contributed by atoms with Crippen molar-refractivity contribution in [3.63, 3.8) is 0 Å². The van der Waals surface area contributed by atoms with E-state index < -0.39 is 27.1 Å². The largest absolute Gasteiger partial charge is 0.350 e. The number of nitrogens with one attached hydrogen (secondary N) is 2. The van der Waals surface area contributed by atoms with E-state index in [2.05, 4.69) is 10.6 Å². The molecule has 0 saturated heterocycles. The van der Waals surface area contributed by atoms with Gasteiger partial charge in [-0.15, -0.1) is 0 Å². The van der Waals surface area contributed by atoms with Crippen molar-refractivity contribution in [2.45, 2.75) is 19.9 Å². The molecule has 2 aromatic carbocycles. The lowest BCUT2D eigenvalue weighted by Crippen LogP contribution is -2.30. The Kier molecular flexibility index (Phi) is 6.26. The smallest absolute Gasteiger partial charge is 0.277 e. The average molecular weight is 407 g/mol. The highest BCUT2D eigenvalue weighted by atomic mass is 35.5. The minimum absolute atomic E-state index is 0.0808. The third kappa shape index (κ3) is 5.01. The van der Waals surface area contributed by atoms with Crippen LogP contribution >= 0.6 is 11.6 Å². The van der Waals surface area contributed by atoms with Crippen molar-refractivity contribution in [3.8, 4) is 0 Å². The van der Waals surface area contributed by atoms with Crippen LogP contribution in [0.5, 0.6) is 0 Å². The number of nitrogens with zero attached hydrogens (tertiary/aromatic N) is 2. The molecule has 0 aliphatic rings. The fraction of sp³-hybridized carbons (Fsp3) is 0.176. The zero-order valence-electron chi connectivity index (χ0n) is 14.8. The van der Waals surface area contributed by atoms with Gasteiger partial charge in [0.25, 0.3) is 23.2 Å². The van der Waals surface area contributed by atoms with Gasteiger partial charge in [0.15, 0.2) is 0 Å². The highest BCUT2D eigenvalue weighted by Crippen LogP contribution is 2.26. The first kappa shape index (κ1) is 20.8. The first-order chi connectivity index (χ1) is 13.1. The number of halogens is 1. The molecule has 0 radical (unpaired) electrons. The summed E-state index contributed by atoms with van der Waals surface area (Å²) in [7, 11) is 0. The third-order valence-corrected chi connectivity index (χ3v) is 3.81. The fourth-order valence-corrected chi connectivity index (χ4v) is 2.40. The molecule has 0 bridgehead atoms. The second kappa shape index (κ2) is 8.44. The molecule has 0 fully saturated rings. The van der Waals surface area contributed by atoms with Crippen molar-refractivity contribution in [2.75, 3.05) is 5.32 Å². The highest BCUT2D eigenvalue weighted by Gasteiger charge is 2.21. The van der Waals surface area contributed by atoms with Crippen LogP contribution in [-0.2, 0) is 0 Å². The first-order valence-corrected chi connectivity index (χ1v) is 8.32. The third-order valence-electron chi connectivity index (χ3n) is 3.48. The second-order valence-electron chi connectivity index (χ2n) is 6.03. The SMILES string of the molecule is CC(C)NC(=O)c1ccc(Cl)c(NC(=O)c2cc([N+](=O)[O-])cc([N+](=O)[O-])c2)c1. The average Bonchev–Trinajstić information content (AvgIpc) is 2.62. The van der Waals surface area contributed by atoms with Crippen LogP contribution < -0.4 is 10.6 Å². The normalized spacial score (nSPS) is 10.4. The second-order valence-corrected chi connectivity index (χ2v) is 6.44. The molecular formula is C17H15ClN4O6. The summed E-state index contributed by atoms with van der Waals surface area (Å²) in [6.07, 6.45) is 0. The van der Waals surface area contributed by atoms with Crippen LogP contribution in [0.2, 0.25) is 5.02 Å². The minimum atomic E-state index is -0.852. The quantitative estimate of drug-likeness (QED) is 0.554. The number of hydrogen-bond acceptors (Lipinski definition) is 6. The standard InChI is InChI=1S/C17H15ClN4O6/c1-9(2)19-16(23)10-3-4-14(18)15(7-10)20-17(24)11-5-12(21(25)26)8-13(6-11)22(27)28/h3-9H,1-2H3,(H,19,23)(H,20,24). The molecular weight excluding hydrogens is 392 g/mol. The lowest BCUT2D eigenvalue weighted by molar-refractivity contribution is -0.394. The lowest BCUT2D eigenvalue weighted by Gasteiger charge is -2.11. The van der Waals surface area contributed by atoms with Gasteiger partial charge >= 0.3 is 0 Å². The van der Waals surface area contributed by atoms with Gasteiger partial charge in [-0.1, -0.05) is 11.6 Å². The van der Waals surface area contributed by atoms with Crippen molar-refractivity contribution in [2.24, 2.45) is 0 Å². The summed E-state index contributed by atoms with van der Waals surface area (Å²) in [6, 6.07) is 6.67. The van der Waals surface area contributed by atoms with Gasteiger partial charge in [-0.05, 0) is 32.0 Å². The number of rotatable bonds is 6. The number of anilines is 1. The molecule has 0 unspecified atom stereocenters. The van der Waals surface area contributed by atoms with Crippen LogP contribution in [0.4, 0.5) is 17.1 Å². The van der Waals surface area contributed by atoms with E-state index in [1.165, 1.54) is 18.2 Å². The van der Waals surface area contributed by atoms with E-state index in [1.807, 2.05) is 0 Å². The summed E-state index contributed by atoms with van der Waals surface area (Å²) in [5, 5.41) is 27.1. The van der Waals surface area contributed by atoms with E-state index in [0.717, 1.165) is 18.2 Å². The molecule has 146 valence electrons. The first-order valence-electron chi connectivity index (χ1n) is 7.94. The topological polar surface area (TPSA) is 144 Å². The number of hydrogen-bond donors (Lipinski definition) is 2. The van der Waals surface area contributed by atoms with Gasteiger partial charge in [-0.2, -0.15) is 0 Å². The summed E-state index contributed by atoms with van der Waals surface area (Å²) in [5.74, 6) is -1.23. The highest BCUT2D eigenvalue weighted by molar-refractivity contribution is 6.34. The molecule has 10 nitrogen and oxygen atoms in total. The zero-order valence-corrected chi connectivity index (χ0v) is 15.5. The number of nitro groups is 2. The Hall–Kier alpha value is -3.53. The summed E-state index contributed by atoms with van der Waals surface area (Å²) in [6.45, 7) is 3.57. The van der Waals surface area contributed by atoms with Gasteiger partial charge in [0.1, 0.15) is 0 Å². The zero-order chi connectivity index (χ0) is 21.0. The number of benzene rings is 2. The van der Waals surface area contributed by atoms with Crippen LogP contribution in [0.15, 0.2) is 36.4 Å². The number of amides is 2. The molecule has 0 spiro atoms. The van der Waals surface area contributed by atoms with Gasteiger partial charge in [-0.25, -0.2) is 0 Å². The van der Waals surface area contributed by atoms with Gasteiger partial charge in [0.2, 0.25) is 0 Å². The Morgan fingerprint density at radius 2 is 1.50 bits per heavy atom. The minimum Gasteiger partial charge on any atom is -0.350 e.